The van der Waals surface area contributed by atoms with Crippen LogP contribution in [0.25, 0.3) is 5.65 Å². The van der Waals surface area contributed by atoms with Gasteiger partial charge in [-0.3, -0.25) is 0 Å². The molecule has 2 aromatic heterocycles. The molecule has 0 unspecified atom stereocenters. The molecule has 0 saturated carbocycles. The summed E-state index contributed by atoms with van der Waals surface area (Å²) in [7, 11) is 0. The third-order valence-corrected chi connectivity index (χ3v) is 2.66. The van der Waals surface area contributed by atoms with Gasteiger partial charge in [-0.2, -0.15) is 9.61 Å². The van der Waals surface area contributed by atoms with Crippen molar-refractivity contribution in [2.24, 2.45) is 0 Å². The molecule has 0 bridgehead atoms. The summed E-state index contributed by atoms with van der Waals surface area (Å²) in [4.78, 5) is 4.19. The van der Waals surface area contributed by atoms with Crippen LogP contribution in [0, 0.1) is 6.92 Å². The Morgan fingerprint density at radius 1 is 1.47 bits per heavy atom. The summed E-state index contributed by atoms with van der Waals surface area (Å²) in [5.41, 5.74) is 2.09. The van der Waals surface area contributed by atoms with Crippen LogP contribution in [0.15, 0.2) is 18.5 Å². The van der Waals surface area contributed by atoms with E-state index in [1.807, 2.05) is 10.6 Å². The highest BCUT2D eigenvalue weighted by atomic mass is 15.3. The maximum absolute atomic E-state index is 4.19. The fourth-order valence-corrected chi connectivity index (χ4v) is 1.76. The Labute approximate surface area is 87.5 Å². The van der Waals surface area contributed by atoms with Crippen molar-refractivity contribution in [1.29, 1.82) is 0 Å². The van der Waals surface area contributed by atoms with Crippen LogP contribution in [0.1, 0.15) is 5.56 Å². The van der Waals surface area contributed by atoms with Crippen molar-refractivity contribution in [3.8, 4) is 0 Å². The SMILES string of the molecule is Cc1cc(NC2CNC2)n2ncnc2c1. The highest BCUT2D eigenvalue weighted by Gasteiger charge is 2.17. The molecule has 5 nitrogen and oxygen atoms in total. The van der Waals surface area contributed by atoms with Gasteiger partial charge in [-0.05, 0) is 24.6 Å². The number of hydrogen-bond acceptors (Lipinski definition) is 4. The first-order valence-corrected chi connectivity index (χ1v) is 5.10. The van der Waals surface area contributed by atoms with Crippen molar-refractivity contribution in [2.45, 2.75) is 13.0 Å². The summed E-state index contributed by atoms with van der Waals surface area (Å²) in [5.74, 6) is 1.02. The summed E-state index contributed by atoms with van der Waals surface area (Å²) in [5, 5.41) is 10.9. The normalized spacial score (nSPS) is 16.6. The van der Waals surface area contributed by atoms with E-state index in [4.69, 9.17) is 0 Å². The Morgan fingerprint density at radius 3 is 3.07 bits per heavy atom. The number of aryl methyl sites for hydroxylation is 1. The average Bonchev–Trinajstić information content (AvgIpc) is 2.58. The Balaban J connectivity index is 2.02. The third kappa shape index (κ3) is 1.45. The summed E-state index contributed by atoms with van der Waals surface area (Å²) in [6.45, 7) is 4.10. The lowest BCUT2D eigenvalue weighted by molar-refractivity contribution is 0.470. The Morgan fingerprint density at radius 2 is 2.33 bits per heavy atom. The molecule has 1 aliphatic heterocycles. The Bertz CT molecular complexity index is 486. The first kappa shape index (κ1) is 8.67. The second kappa shape index (κ2) is 3.20. The zero-order valence-electron chi connectivity index (χ0n) is 8.57. The summed E-state index contributed by atoms with van der Waals surface area (Å²) in [6, 6.07) is 4.64. The second-order valence-corrected chi connectivity index (χ2v) is 3.95. The van der Waals surface area contributed by atoms with E-state index in [0.717, 1.165) is 24.6 Å². The molecule has 2 aromatic rings. The lowest BCUT2D eigenvalue weighted by atomic mass is 10.2. The van der Waals surface area contributed by atoms with E-state index in [-0.39, 0.29) is 0 Å². The van der Waals surface area contributed by atoms with Crippen LogP contribution in [0.2, 0.25) is 0 Å². The molecule has 0 radical (unpaired) electrons. The summed E-state index contributed by atoms with van der Waals surface area (Å²) >= 11 is 0. The number of rotatable bonds is 2. The lowest BCUT2D eigenvalue weighted by Crippen LogP contribution is -2.51. The first-order chi connectivity index (χ1) is 7.33. The molecule has 0 spiro atoms. The van der Waals surface area contributed by atoms with Gasteiger partial charge in [0, 0.05) is 13.1 Å². The highest BCUT2D eigenvalue weighted by molar-refractivity contribution is 5.52. The van der Waals surface area contributed by atoms with Gasteiger partial charge in [0.2, 0.25) is 0 Å². The first-order valence-electron chi connectivity index (χ1n) is 5.10. The van der Waals surface area contributed by atoms with Gasteiger partial charge in [0.25, 0.3) is 0 Å². The highest BCUT2D eigenvalue weighted by Crippen LogP contribution is 2.14. The van der Waals surface area contributed by atoms with Gasteiger partial charge < -0.3 is 10.6 Å². The summed E-state index contributed by atoms with van der Waals surface area (Å²) < 4.78 is 1.84. The fraction of sp³-hybridized carbons (Fsp3) is 0.400. The predicted octanol–water partition coefficient (Wildman–Crippen LogP) is 0.421. The van der Waals surface area contributed by atoms with Gasteiger partial charge in [-0.15, -0.1) is 0 Å². The number of aromatic nitrogens is 3. The van der Waals surface area contributed by atoms with Gasteiger partial charge in [0.05, 0.1) is 6.04 Å². The fourth-order valence-electron chi connectivity index (χ4n) is 1.76. The van der Waals surface area contributed by atoms with Crippen molar-refractivity contribution < 1.29 is 0 Å². The van der Waals surface area contributed by atoms with Crippen LogP contribution < -0.4 is 10.6 Å². The average molecular weight is 203 g/mol. The number of nitrogens with one attached hydrogen (secondary N) is 2. The molecular weight excluding hydrogens is 190 g/mol. The molecule has 1 saturated heterocycles. The molecule has 0 amide bonds. The van der Waals surface area contributed by atoms with Gasteiger partial charge in [-0.1, -0.05) is 0 Å². The third-order valence-electron chi connectivity index (χ3n) is 2.66. The molecule has 78 valence electrons. The van der Waals surface area contributed by atoms with Crippen LogP contribution in [0.3, 0.4) is 0 Å². The van der Waals surface area contributed by atoms with Crippen molar-refractivity contribution in [3.63, 3.8) is 0 Å². The topological polar surface area (TPSA) is 54.2 Å². The Kier molecular flexibility index (Phi) is 1.85. The zero-order chi connectivity index (χ0) is 10.3. The largest absolute Gasteiger partial charge is 0.365 e. The van der Waals surface area contributed by atoms with E-state index in [9.17, 15) is 0 Å². The maximum atomic E-state index is 4.19. The minimum Gasteiger partial charge on any atom is -0.365 e. The summed E-state index contributed by atoms with van der Waals surface area (Å²) in [6.07, 6.45) is 1.58. The minimum atomic E-state index is 0.513. The van der Waals surface area contributed by atoms with Gasteiger partial charge in [-0.25, -0.2) is 4.98 Å². The number of fused-ring (bicyclic) bond motifs is 1. The molecule has 0 aromatic carbocycles. The predicted molar refractivity (Wildman–Crippen MR) is 58.0 cm³/mol. The van der Waals surface area contributed by atoms with E-state index >= 15 is 0 Å². The quantitative estimate of drug-likeness (QED) is 0.742. The Hall–Kier alpha value is -1.62. The molecule has 1 aliphatic rings. The smallest absolute Gasteiger partial charge is 0.157 e. The minimum absolute atomic E-state index is 0.513. The van der Waals surface area contributed by atoms with E-state index in [1.54, 1.807) is 6.33 Å². The number of hydrogen-bond donors (Lipinski definition) is 2. The number of anilines is 1. The van der Waals surface area contributed by atoms with Gasteiger partial charge in [0.1, 0.15) is 12.1 Å². The van der Waals surface area contributed by atoms with Crippen LogP contribution in [0.4, 0.5) is 5.82 Å². The van der Waals surface area contributed by atoms with Crippen LogP contribution in [-0.2, 0) is 0 Å². The van der Waals surface area contributed by atoms with E-state index in [2.05, 4.69) is 33.7 Å². The zero-order valence-corrected chi connectivity index (χ0v) is 8.57. The standard InChI is InChI=1S/C10H13N5/c1-7-2-9-12-6-13-15(9)10(3-7)14-8-4-11-5-8/h2-3,6,8,11,14H,4-5H2,1H3. The molecule has 0 aliphatic carbocycles. The van der Waals surface area contributed by atoms with Crippen molar-refractivity contribution in [3.05, 3.63) is 24.0 Å². The molecule has 15 heavy (non-hydrogen) atoms. The molecule has 5 heteroatoms. The van der Waals surface area contributed by atoms with E-state index < -0.39 is 0 Å². The second-order valence-electron chi connectivity index (χ2n) is 3.95. The van der Waals surface area contributed by atoms with Crippen LogP contribution in [0.5, 0.6) is 0 Å². The van der Waals surface area contributed by atoms with E-state index in [0.29, 0.717) is 6.04 Å². The van der Waals surface area contributed by atoms with Crippen LogP contribution >= 0.6 is 0 Å². The van der Waals surface area contributed by atoms with Crippen molar-refractivity contribution in [2.75, 3.05) is 18.4 Å². The molecule has 3 rings (SSSR count). The molecule has 2 N–H and O–H groups in total. The maximum Gasteiger partial charge on any atom is 0.157 e. The van der Waals surface area contributed by atoms with E-state index in [1.165, 1.54) is 5.56 Å². The molecular formula is C10H13N5. The molecule has 0 atom stereocenters. The molecule has 3 heterocycles. The monoisotopic (exact) mass is 203 g/mol. The van der Waals surface area contributed by atoms with Gasteiger partial charge in [0.15, 0.2) is 5.65 Å². The van der Waals surface area contributed by atoms with Crippen LogP contribution in [-0.4, -0.2) is 33.7 Å². The van der Waals surface area contributed by atoms with Crippen molar-refractivity contribution >= 4 is 11.5 Å². The number of nitrogens with zero attached hydrogens (tertiary/aromatic N) is 3. The number of pyridine rings is 1. The lowest BCUT2D eigenvalue weighted by Gasteiger charge is -2.29. The van der Waals surface area contributed by atoms with Gasteiger partial charge >= 0.3 is 0 Å². The molecule has 1 fully saturated rings. The van der Waals surface area contributed by atoms with Crippen molar-refractivity contribution in [1.82, 2.24) is 19.9 Å².